The third kappa shape index (κ3) is 4.35. The zero-order valence-corrected chi connectivity index (χ0v) is 12.9. The second-order valence-corrected chi connectivity index (χ2v) is 5.65. The van der Waals surface area contributed by atoms with Crippen LogP contribution >= 0.6 is 0 Å². The normalized spacial score (nSPS) is 20.2. The van der Waals surface area contributed by atoms with Crippen LogP contribution in [0.15, 0.2) is 0 Å². The van der Waals surface area contributed by atoms with Crippen molar-refractivity contribution in [2.75, 3.05) is 40.0 Å². The monoisotopic (exact) mass is 272 g/mol. The molecule has 0 aromatic carbocycles. The van der Waals surface area contributed by atoms with Gasteiger partial charge in [-0.15, -0.1) is 0 Å². The molecular weight excluding hydrogens is 244 g/mol. The third-order valence-corrected chi connectivity index (χ3v) is 3.52. The lowest BCUT2D eigenvalue weighted by Crippen LogP contribution is -2.42. The SMILES string of the molecule is COCCOCCN1CC(C(C)C)N(C(C)C)C1=O. The summed E-state index contributed by atoms with van der Waals surface area (Å²) in [7, 11) is 1.65. The average molecular weight is 272 g/mol. The van der Waals surface area contributed by atoms with Crippen molar-refractivity contribution >= 4 is 6.03 Å². The van der Waals surface area contributed by atoms with Crippen molar-refractivity contribution in [3.8, 4) is 0 Å². The Kier molecular flexibility index (Phi) is 6.58. The van der Waals surface area contributed by atoms with Crippen LogP contribution < -0.4 is 0 Å². The first-order valence-corrected chi connectivity index (χ1v) is 7.13. The second kappa shape index (κ2) is 7.70. The first-order chi connectivity index (χ1) is 8.99. The lowest BCUT2D eigenvalue weighted by atomic mass is 10.0. The van der Waals surface area contributed by atoms with E-state index in [1.54, 1.807) is 7.11 Å². The highest BCUT2D eigenvalue weighted by molar-refractivity contribution is 5.77. The number of rotatable bonds is 8. The lowest BCUT2D eigenvalue weighted by Gasteiger charge is -2.29. The molecule has 0 N–H and O–H groups in total. The molecule has 1 saturated heterocycles. The lowest BCUT2D eigenvalue weighted by molar-refractivity contribution is 0.0627. The predicted octanol–water partition coefficient (Wildman–Crippen LogP) is 1.82. The van der Waals surface area contributed by atoms with Crippen molar-refractivity contribution in [2.45, 2.75) is 39.8 Å². The van der Waals surface area contributed by atoms with Crippen LogP contribution in [0.3, 0.4) is 0 Å². The predicted molar refractivity (Wildman–Crippen MR) is 75.3 cm³/mol. The van der Waals surface area contributed by atoms with Crippen LogP contribution in [-0.2, 0) is 9.47 Å². The summed E-state index contributed by atoms with van der Waals surface area (Å²) in [6, 6.07) is 0.704. The molecule has 0 aliphatic carbocycles. The summed E-state index contributed by atoms with van der Waals surface area (Å²) in [5.74, 6) is 0.478. The first kappa shape index (κ1) is 16.2. The van der Waals surface area contributed by atoms with Crippen LogP contribution in [0.2, 0.25) is 0 Å². The van der Waals surface area contributed by atoms with Gasteiger partial charge in [0.05, 0.1) is 25.9 Å². The van der Waals surface area contributed by atoms with Crippen LogP contribution in [0.5, 0.6) is 0 Å². The number of amides is 2. The van der Waals surface area contributed by atoms with E-state index in [4.69, 9.17) is 9.47 Å². The van der Waals surface area contributed by atoms with Crippen molar-refractivity contribution in [1.29, 1.82) is 0 Å². The zero-order chi connectivity index (χ0) is 14.4. The van der Waals surface area contributed by atoms with Crippen molar-refractivity contribution in [2.24, 2.45) is 5.92 Å². The summed E-state index contributed by atoms with van der Waals surface area (Å²) in [6.07, 6.45) is 0. The molecule has 19 heavy (non-hydrogen) atoms. The summed E-state index contributed by atoms with van der Waals surface area (Å²) in [5, 5.41) is 0. The molecule has 1 fully saturated rings. The molecule has 0 aromatic heterocycles. The Morgan fingerprint density at radius 2 is 1.89 bits per heavy atom. The van der Waals surface area contributed by atoms with Crippen LogP contribution in [0, 0.1) is 5.92 Å². The minimum atomic E-state index is 0.143. The molecule has 112 valence electrons. The molecule has 5 heteroatoms. The topological polar surface area (TPSA) is 42.0 Å². The molecule has 0 spiro atoms. The Morgan fingerprint density at radius 1 is 1.21 bits per heavy atom. The van der Waals surface area contributed by atoms with Crippen molar-refractivity contribution in [3.63, 3.8) is 0 Å². The van der Waals surface area contributed by atoms with E-state index in [0.29, 0.717) is 38.3 Å². The van der Waals surface area contributed by atoms with Gasteiger partial charge in [0.25, 0.3) is 0 Å². The Labute approximate surface area is 116 Å². The van der Waals surface area contributed by atoms with E-state index < -0.39 is 0 Å². The molecule has 1 unspecified atom stereocenters. The van der Waals surface area contributed by atoms with E-state index in [1.165, 1.54) is 0 Å². The minimum Gasteiger partial charge on any atom is -0.382 e. The van der Waals surface area contributed by atoms with Crippen molar-refractivity contribution in [1.82, 2.24) is 9.80 Å². The molecule has 2 amide bonds. The second-order valence-electron chi connectivity index (χ2n) is 5.65. The minimum absolute atomic E-state index is 0.143. The molecule has 1 atom stereocenters. The fraction of sp³-hybridized carbons (Fsp3) is 0.929. The standard InChI is InChI=1S/C14H28N2O3/c1-11(2)13-10-15(6-7-19-9-8-18-5)14(17)16(13)12(3)4/h11-13H,6-10H2,1-5H3. The van der Waals surface area contributed by atoms with Gasteiger partial charge in [0, 0.05) is 26.2 Å². The molecule has 0 radical (unpaired) electrons. The number of urea groups is 1. The van der Waals surface area contributed by atoms with E-state index in [2.05, 4.69) is 27.7 Å². The molecule has 1 rings (SSSR count). The Balaban J connectivity index is 2.46. The van der Waals surface area contributed by atoms with Gasteiger partial charge in [0.2, 0.25) is 0 Å². The van der Waals surface area contributed by atoms with E-state index in [1.807, 2.05) is 9.80 Å². The van der Waals surface area contributed by atoms with E-state index >= 15 is 0 Å². The molecule has 0 bridgehead atoms. The molecule has 5 nitrogen and oxygen atoms in total. The molecule has 1 aliphatic heterocycles. The molecule has 0 aromatic rings. The van der Waals surface area contributed by atoms with Gasteiger partial charge in [-0.2, -0.15) is 0 Å². The summed E-state index contributed by atoms with van der Waals surface area (Å²) in [4.78, 5) is 16.3. The molecular formula is C14H28N2O3. The van der Waals surface area contributed by atoms with Gasteiger partial charge in [-0.25, -0.2) is 4.79 Å². The maximum absolute atomic E-state index is 12.4. The molecule has 1 aliphatic rings. The summed E-state index contributed by atoms with van der Waals surface area (Å²) >= 11 is 0. The number of carbonyl (C=O) groups excluding carboxylic acids is 1. The number of nitrogens with zero attached hydrogens (tertiary/aromatic N) is 2. The summed E-state index contributed by atoms with van der Waals surface area (Å²) in [5.41, 5.74) is 0. The third-order valence-electron chi connectivity index (χ3n) is 3.52. The number of hydrogen-bond acceptors (Lipinski definition) is 3. The number of hydrogen-bond donors (Lipinski definition) is 0. The van der Waals surface area contributed by atoms with Crippen LogP contribution in [0.4, 0.5) is 4.79 Å². The van der Waals surface area contributed by atoms with Gasteiger partial charge in [-0.05, 0) is 19.8 Å². The maximum Gasteiger partial charge on any atom is 0.320 e. The Morgan fingerprint density at radius 3 is 2.37 bits per heavy atom. The van der Waals surface area contributed by atoms with Crippen LogP contribution in [0.25, 0.3) is 0 Å². The molecule has 0 saturated carbocycles. The first-order valence-electron chi connectivity index (χ1n) is 7.13. The van der Waals surface area contributed by atoms with E-state index in [-0.39, 0.29) is 12.1 Å². The fourth-order valence-corrected chi connectivity index (χ4v) is 2.44. The van der Waals surface area contributed by atoms with Crippen LogP contribution in [0.1, 0.15) is 27.7 Å². The number of carbonyl (C=O) groups is 1. The Hall–Kier alpha value is -0.810. The van der Waals surface area contributed by atoms with Gasteiger partial charge in [0.1, 0.15) is 0 Å². The summed E-state index contributed by atoms with van der Waals surface area (Å²) in [6.45, 7) is 11.7. The Bertz CT molecular complexity index is 282. The zero-order valence-electron chi connectivity index (χ0n) is 12.9. The highest BCUT2D eigenvalue weighted by atomic mass is 16.5. The van der Waals surface area contributed by atoms with E-state index in [0.717, 1.165) is 6.54 Å². The van der Waals surface area contributed by atoms with Crippen molar-refractivity contribution in [3.05, 3.63) is 0 Å². The van der Waals surface area contributed by atoms with Crippen LogP contribution in [-0.4, -0.2) is 67.9 Å². The highest BCUT2D eigenvalue weighted by Crippen LogP contribution is 2.24. The largest absolute Gasteiger partial charge is 0.382 e. The van der Waals surface area contributed by atoms with Gasteiger partial charge in [0.15, 0.2) is 0 Å². The summed E-state index contributed by atoms with van der Waals surface area (Å²) < 4.78 is 10.4. The van der Waals surface area contributed by atoms with E-state index in [9.17, 15) is 4.79 Å². The quantitative estimate of drug-likeness (QED) is 0.633. The van der Waals surface area contributed by atoms with Gasteiger partial charge in [-0.3, -0.25) is 0 Å². The fourth-order valence-electron chi connectivity index (χ4n) is 2.44. The average Bonchev–Trinajstić information content (AvgIpc) is 2.67. The number of ether oxygens (including phenoxy) is 2. The highest BCUT2D eigenvalue weighted by Gasteiger charge is 2.39. The van der Waals surface area contributed by atoms with Gasteiger partial charge < -0.3 is 19.3 Å². The molecule has 1 heterocycles. The number of methoxy groups -OCH3 is 1. The maximum atomic E-state index is 12.4. The van der Waals surface area contributed by atoms with Gasteiger partial charge >= 0.3 is 6.03 Å². The smallest absolute Gasteiger partial charge is 0.320 e. The van der Waals surface area contributed by atoms with Crippen molar-refractivity contribution < 1.29 is 14.3 Å². The van der Waals surface area contributed by atoms with Gasteiger partial charge in [-0.1, -0.05) is 13.8 Å².